The standard InChI is InChI=1S/C50H36N2O2/c1-3-16-42-33(2)53-46-24-13-10-21-43(46)51(42)36-27-29-38-40(31-36)50(35-19-8-5-9-20-35)41-32-37(28-30-39(41)49(38)34-17-6-4-7-18-34)52-44-22-11-14-25-47(44)54-48-26-15-12-23-45(48)52/h3-32H,1-2H3/b16-3-. The van der Waals surface area contributed by atoms with Crippen LogP contribution in [0, 0.1) is 0 Å². The van der Waals surface area contributed by atoms with Gasteiger partial charge in [-0.1, -0.05) is 115 Å². The number of nitrogens with zero attached hydrogens (tertiary/aromatic N) is 2. The van der Waals surface area contributed by atoms with Crippen molar-refractivity contribution < 1.29 is 9.47 Å². The number of anilines is 5. The molecule has 2 aliphatic heterocycles. The zero-order chi connectivity index (χ0) is 36.2. The molecule has 0 bridgehead atoms. The molecule has 4 heteroatoms. The maximum atomic E-state index is 6.41. The van der Waals surface area contributed by atoms with Crippen molar-refractivity contribution in [1.82, 2.24) is 0 Å². The van der Waals surface area contributed by atoms with Gasteiger partial charge < -0.3 is 19.3 Å². The molecule has 0 spiro atoms. The molecule has 0 saturated heterocycles. The fraction of sp³-hybridized carbons (Fsp3) is 0.0400. The topological polar surface area (TPSA) is 24.9 Å². The van der Waals surface area contributed by atoms with E-state index in [0.717, 1.165) is 62.7 Å². The molecule has 0 N–H and O–H groups in total. The van der Waals surface area contributed by atoms with Crippen LogP contribution in [0.5, 0.6) is 17.2 Å². The predicted octanol–water partition coefficient (Wildman–Crippen LogP) is 14.2. The van der Waals surface area contributed by atoms with Gasteiger partial charge in [-0.2, -0.15) is 0 Å². The molecule has 2 heterocycles. The first-order chi connectivity index (χ1) is 26.7. The first kappa shape index (κ1) is 31.7. The Hall–Kier alpha value is -7.04. The van der Waals surface area contributed by atoms with Gasteiger partial charge in [-0.15, -0.1) is 0 Å². The summed E-state index contributed by atoms with van der Waals surface area (Å²) in [5.41, 5.74) is 10.9. The zero-order valence-corrected chi connectivity index (χ0v) is 30.0. The smallest absolute Gasteiger partial charge is 0.151 e. The summed E-state index contributed by atoms with van der Waals surface area (Å²) in [7, 11) is 0. The van der Waals surface area contributed by atoms with Gasteiger partial charge >= 0.3 is 0 Å². The van der Waals surface area contributed by atoms with Gasteiger partial charge in [-0.3, -0.25) is 0 Å². The van der Waals surface area contributed by atoms with E-state index >= 15 is 0 Å². The van der Waals surface area contributed by atoms with Crippen molar-refractivity contribution in [3.63, 3.8) is 0 Å². The predicted molar refractivity (Wildman–Crippen MR) is 224 cm³/mol. The van der Waals surface area contributed by atoms with Crippen molar-refractivity contribution in [2.45, 2.75) is 13.8 Å². The van der Waals surface area contributed by atoms with Crippen molar-refractivity contribution in [1.29, 1.82) is 0 Å². The Morgan fingerprint density at radius 1 is 0.426 bits per heavy atom. The third kappa shape index (κ3) is 5.07. The maximum absolute atomic E-state index is 6.41. The van der Waals surface area contributed by atoms with E-state index in [1.165, 1.54) is 38.2 Å². The van der Waals surface area contributed by atoms with Crippen LogP contribution in [0.1, 0.15) is 13.8 Å². The van der Waals surface area contributed by atoms with E-state index in [1.54, 1.807) is 0 Å². The van der Waals surface area contributed by atoms with Gasteiger partial charge in [0.1, 0.15) is 5.76 Å². The number of hydrogen-bond acceptors (Lipinski definition) is 4. The summed E-state index contributed by atoms with van der Waals surface area (Å²) in [5, 5.41) is 4.74. The van der Waals surface area contributed by atoms with Crippen LogP contribution < -0.4 is 19.3 Å². The minimum Gasteiger partial charge on any atom is -0.458 e. The second-order valence-corrected chi connectivity index (χ2v) is 13.7. The van der Waals surface area contributed by atoms with Gasteiger partial charge in [0.25, 0.3) is 0 Å². The van der Waals surface area contributed by atoms with Crippen molar-refractivity contribution in [3.8, 4) is 39.5 Å². The number of ether oxygens (including phenoxy) is 2. The molecule has 0 aromatic heterocycles. The molecule has 2 aliphatic rings. The largest absolute Gasteiger partial charge is 0.458 e. The molecule has 0 unspecified atom stereocenters. The highest BCUT2D eigenvalue weighted by atomic mass is 16.5. The molecule has 10 rings (SSSR count). The number of para-hydroxylation sites is 6. The van der Waals surface area contributed by atoms with Crippen LogP contribution in [0.15, 0.2) is 193 Å². The number of benzene rings is 8. The first-order valence-corrected chi connectivity index (χ1v) is 18.4. The summed E-state index contributed by atoms with van der Waals surface area (Å²) >= 11 is 0. The Kier molecular flexibility index (Phi) is 7.55. The van der Waals surface area contributed by atoms with Crippen LogP contribution in [-0.4, -0.2) is 0 Å². The van der Waals surface area contributed by atoms with Crippen molar-refractivity contribution in [2.24, 2.45) is 0 Å². The normalized spacial score (nSPS) is 13.4. The lowest BCUT2D eigenvalue weighted by Gasteiger charge is -2.34. The van der Waals surface area contributed by atoms with Gasteiger partial charge in [0.2, 0.25) is 0 Å². The van der Waals surface area contributed by atoms with Crippen LogP contribution in [-0.2, 0) is 0 Å². The monoisotopic (exact) mass is 696 g/mol. The van der Waals surface area contributed by atoms with Crippen molar-refractivity contribution >= 4 is 50.0 Å². The lowest BCUT2D eigenvalue weighted by atomic mass is 9.85. The minimum absolute atomic E-state index is 0.832. The molecule has 8 aromatic rings. The molecule has 0 radical (unpaired) electrons. The van der Waals surface area contributed by atoms with Crippen molar-refractivity contribution in [3.05, 3.63) is 193 Å². The lowest BCUT2D eigenvalue weighted by molar-refractivity contribution is 0.414. The quantitative estimate of drug-likeness (QED) is 0.167. The summed E-state index contributed by atoms with van der Waals surface area (Å²) in [6, 6.07) is 60.3. The molecule has 8 aromatic carbocycles. The van der Waals surface area contributed by atoms with Gasteiger partial charge in [0.05, 0.1) is 22.8 Å². The maximum Gasteiger partial charge on any atom is 0.151 e. The number of hydrogen-bond donors (Lipinski definition) is 0. The Morgan fingerprint density at radius 2 is 0.852 bits per heavy atom. The summed E-state index contributed by atoms with van der Waals surface area (Å²) in [4.78, 5) is 4.65. The Morgan fingerprint density at radius 3 is 1.37 bits per heavy atom. The molecular weight excluding hydrogens is 661 g/mol. The molecule has 54 heavy (non-hydrogen) atoms. The fourth-order valence-electron chi connectivity index (χ4n) is 8.16. The summed E-state index contributed by atoms with van der Waals surface area (Å²) in [6.07, 6.45) is 4.21. The van der Waals surface area contributed by atoms with Crippen LogP contribution in [0.4, 0.5) is 28.4 Å². The SMILES string of the molecule is C/C=C\C1=C(C)Oc2ccccc2N1c1ccc2c(-c3ccccc3)c3ccc(N4c5ccccc5Oc5ccccc54)cc3c(-c3ccccc3)c2c1. The number of allylic oxidation sites excluding steroid dienone is 3. The first-order valence-electron chi connectivity index (χ1n) is 18.4. The zero-order valence-electron chi connectivity index (χ0n) is 30.0. The lowest BCUT2D eigenvalue weighted by Crippen LogP contribution is -2.22. The van der Waals surface area contributed by atoms with E-state index in [1.807, 2.05) is 50.2 Å². The van der Waals surface area contributed by atoms with Crippen LogP contribution in [0.2, 0.25) is 0 Å². The van der Waals surface area contributed by atoms with Gasteiger partial charge in [-0.05, 0) is 124 Å². The van der Waals surface area contributed by atoms with E-state index in [9.17, 15) is 0 Å². The Labute approximate surface area is 315 Å². The molecule has 0 aliphatic carbocycles. The second-order valence-electron chi connectivity index (χ2n) is 13.7. The average molecular weight is 697 g/mol. The van der Waals surface area contributed by atoms with E-state index in [-0.39, 0.29) is 0 Å². The highest BCUT2D eigenvalue weighted by Crippen LogP contribution is 2.53. The van der Waals surface area contributed by atoms with Crippen LogP contribution in [0.25, 0.3) is 43.8 Å². The summed E-state index contributed by atoms with van der Waals surface area (Å²) in [5.74, 6) is 3.36. The highest BCUT2D eigenvalue weighted by Gasteiger charge is 2.28. The highest BCUT2D eigenvalue weighted by molar-refractivity contribution is 6.22. The minimum atomic E-state index is 0.832. The fourth-order valence-corrected chi connectivity index (χ4v) is 8.16. The van der Waals surface area contributed by atoms with Crippen LogP contribution in [0.3, 0.4) is 0 Å². The molecule has 4 nitrogen and oxygen atoms in total. The third-order valence-corrected chi connectivity index (χ3v) is 10.5. The van der Waals surface area contributed by atoms with Gasteiger partial charge in [-0.25, -0.2) is 0 Å². The van der Waals surface area contributed by atoms with E-state index < -0.39 is 0 Å². The Balaban J connectivity index is 1.31. The Bertz CT molecular complexity index is 2760. The molecule has 258 valence electrons. The second kappa shape index (κ2) is 12.9. The van der Waals surface area contributed by atoms with Gasteiger partial charge in [0, 0.05) is 11.4 Å². The van der Waals surface area contributed by atoms with Crippen molar-refractivity contribution in [2.75, 3.05) is 9.80 Å². The molecular formula is C50H36N2O2. The summed E-state index contributed by atoms with van der Waals surface area (Å²) in [6.45, 7) is 4.09. The van der Waals surface area contributed by atoms with Gasteiger partial charge in [0.15, 0.2) is 17.2 Å². The average Bonchev–Trinajstić information content (AvgIpc) is 3.22. The van der Waals surface area contributed by atoms with E-state index in [2.05, 4.69) is 155 Å². The number of rotatable bonds is 5. The molecule has 0 amide bonds. The third-order valence-electron chi connectivity index (χ3n) is 10.5. The molecule has 0 fully saturated rings. The number of fused-ring (bicyclic) bond motifs is 5. The van der Waals surface area contributed by atoms with Crippen LogP contribution >= 0.6 is 0 Å². The molecule has 0 saturated carbocycles. The van der Waals surface area contributed by atoms with E-state index in [0.29, 0.717) is 0 Å². The molecule has 0 atom stereocenters. The van der Waals surface area contributed by atoms with E-state index in [4.69, 9.17) is 9.47 Å². The summed E-state index contributed by atoms with van der Waals surface area (Å²) < 4.78 is 12.8.